The minimum Gasteiger partial charge on any atom is -0.497 e. The second-order valence-electron chi connectivity index (χ2n) is 4.88. The minimum atomic E-state index is 0.309. The van der Waals surface area contributed by atoms with E-state index in [2.05, 4.69) is 48.8 Å². The average molecular weight is 235 g/mol. The molecule has 0 bridgehead atoms. The Morgan fingerprint density at radius 3 is 3.06 bits per heavy atom. The Balaban J connectivity index is 2.16. The number of anilines is 1. The van der Waals surface area contributed by atoms with Crippen LogP contribution in [0.25, 0.3) is 0 Å². The molecule has 0 aliphatic carbocycles. The van der Waals surface area contributed by atoms with Crippen LogP contribution in [0.2, 0.25) is 0 Å². The first-order valence-corrected chi connectivity index (χ1v) is 6.74. The van der Waals surface area contributed by atoms with Crippen molar-refractivity contribution in [2.45, 2.75) is 24.1 Å². The van der Waals surface area contributed by atoms with Gasteiger partial charge in [-0.05, 0) is 35.9 Å². The van der Waals surface area contributed by atoms with Gasteiger partial charge in [0.25, 0.3) is 0 Å². The van der Waals surface area contributed by atoms with Crippen LogP contribution in [-0.4, -0.2) is 25.3 Å². The fourth-order valence-electron chi connectivity index (χ4n) is 3.03. The van der Waals surface area contributed by atoms with Crippen LogP contribution in [0.5, 0.6) is 5.75 Å². The molecule has 3 rings (SSSR count). The lowest BCUT2D eigenvalue weighted by atomic mass is 9.82. The molecule has 2 aliphatic rings. The third-order valence-electron chi connectivity index (χ3n) is 3.99. The standard InChI is InChI=1S/C13H17NOS/c1-13-6-7-16-12(13)14(2)11-5-4-9(15-3)8-10(11)13/h4-5,8,12H,6-7H2,1-3H3. The van der Waals surface area contributed by atoms with E-state index in [1.165, 1.54) is 23.4 Å². The summed E-state index contributed by atoms with van der Waals surface area (Å²) in [7, 11) is 3.95. The second-order valence-corrected chi connectivity index (χ2v) is 6.07. The van der Waals surface area contributed by atoms with Gasteiger partial charge in [-0.15, -0.1) is 11.8 Å². The SMILES string of the molecule is COc1ccc2c(c1)C1(C)CCSC1N2C. The Labute approximate surface area is 101 Å². The Morgan fingerprint density at radius 2 is 2.31 bits per heavy atom. The zero-order valence-corrected chi connectivity index (χ0v) is 10.8. The number of nitrogens with zero attached hydrogens (tertiary/aromatic N) is 1. The van der Waals surface area contributed by atoms with E-state index in [0.29, 0.717) is 10.8 Å². The maximum atomic E-state index is 5.34. The molecule has 2 atom stereocenters. The van der Waals surface area contributed by atoms with E-state index in [4.69, 9.17) is 4.74 Å². The molecule has 3 heteroatoms. The molecular formula is C13H17NOS. The van der Waals surface area contributed by atoms with E-state index in [0.717, 1.165) is 5.75 Å². The maximum Gasteiger partial charge on any atom is 0.119 e. The molecule has 1 aromatic carbocycles. The summed E-state index contributed by atoms with van der Waals surface area (Å²) < 4.78 is 5.34. The van der Waals surface area contributed by atoms with Gasteiger partial charge in [0.1, 0.15) is 5.75 Å². The number of likely N-dealkylation sites (N-methyl/N-ethyl adjacent to an activating group) is 1. The smallest absolute Gasteiger partial charge is 0.119 e. The summed E-state index contributed by atoms with van der Waals surface area (Å²) in [4.78, 5) is 2.42. The number of methoxy groups -OCH3 is 1. The first-order chi connectivity index (χ1) is 7.66. The van der Waals surface area contributed by atoms with Crippen molar-refractivity contribution in [3.8, 4) is 5.75 Å². The lowest BCUT2D eigenvalue weighted by Crippen LogP contribution is -2.34. The summed E-state index contributed by atoms with van der Waals surface area (Å²) in [6.45, 7) is 2.39. The van der Waals surface area contributed by atoms with Gasteiger partial charge in [-0.3, -0.25) is 0 Å². The maximum absolute atomic E-state index is 5.34. The normalized spacial score (nSPS) is 31.4. The predicted octanol–water partition coefficient (Wildman–Crippen LogP) is 2.87. The number of thioether (sulfide) groups is 1. The van der Waals surface area contributed by atoms with E-state index >= 15 is 0 Å². The molecule has 2 unspecified atom stereocenters. The van der Waals surface area contributed by atoms with Gasteiger partial charge in [-0.1, -0.05) is 6.92 Å². The monoisotopic (exact) mass is 235 g/mol. The molecule has 0 saturated carbocycles. The summed E-state index contributed by atoms with van der Waals surface area (Å²) in [5.74, 6) is 2.24. The van der Waals surface area contributed by atoms with Gasteiger partial charge >= 0.3 is 0 Å². The summed E-state index contributed by atoms with van der Waals surface area (Å²) in [5, 5.41) is 0.606. The van der Waals surface area contributed by atoms with Crippen molar-refractivity contribution in [1.82, 2.24) is 0 Å². The molecule has 0 spiro atoms. The van der Waals surface area contributed by atoms with E-state index in [1.54, 1.807) is 7.11 Å². The Hall–Kier alpha value is -0.830. The third-order valence-corrected chi connectivity index (χ3v) is 5.58. The first-order valence-electron chi connectivity index (χ1n) is 5.70. The van der Waals surface area contributed by atoms with Gasteiger partial charge in [0.15, 0.2) is 0 Å². The van der Waals surface area contributed by atoms with Crippen LogP contribution < -0.4 is 9.64 Å². The number of fused-ring (bicyclic) bond motifs is 3. The highest BCUT2D eigenvalue weighted by molar-refractivity contribution is 8.00. The molecule has 0 radical (unpaired) electrons. The second kappa shape index (κ2) is 3.33. The fourth-order valence-corrected chi connectivity index (χ4v) is 4.75. The van der Waals surface area contributed by atoms with Gasteiger partial charge in [0, 0.05) is 18.2 Å². The topological polar surface area (TPSA) is 12.5 Å². The van der Waals surface area contributed by atoms with Crippen LogP contribution in [0, 0.1) is 0 Å². The van der Waals surface area contributed by atoms with Crippen LogP contribution >= 0.6 is 11.8 Å². The van der Waals surface area contributed by atoms with Crippen LogP contribution in [0.15, 0.2) is 18.2 Å². The lowest BCUT2D eigenvalue weighted by molar-refractivity contribution is 0.412. The highest BCUT2D eigenvalue weighted by Crippen LogP contribution is 2.55. The van der Waals surface area contributed by atoms with Gasteiger partial charge in [0.2, 0.25) is 0 Å². The van der Waals surface area contributed by atoms with Crippen LogP contribution in [0.4, 0.5) is 5.69 Å². The van der Waals surface area contributed by atoms with Gasteiger partial charge in [-0.2, -0.15) is 0 Å². The molecule has 1 fully saturated rings. The van der Waals surface area contributed by atoms with Crippen molar-refractivity contribution < 1.29 is 4.74 Å². The molecule has 2 heterocycles. The number of hydrogen-bond acceptors (Lipinski definition) is 3. The quantitative estimate of drug-likeness (QED) is 0.742. The molecule has 1 saturated heterocycles. The van der Waals surface area contributed by atoms with Crippen LogP contribution in [0.3, 0.4) is 0 Å². The molecule has 16 heavy (non-hydrogen) atoms. The third kappa shape index (κ3) is 1.15. The van der Waals surface area contributed by atoms with Crippen molar-refractivity contribution in [3.63, 3.8) is 0 Å². The molecule has 2 aliphatic heterocycles. The molecule has 2 nitrogen and oxygen atoms in total. The predicted molar refractivity (Wildman–Crippen MR) is 69.6 cm³/mol. The Kier molecular flexibility index (Phi) is 2.15. The van der Waals surface area contributed by atoms with Crippen LogP contribution in [0.1, 0.15) is 18.9 Å². The van der Waals surface area contributed by atoms with E-state index in [9.17, 15) is 0 Å². The number of rotatable bonds is 1. The first kappa shape index (κ1) is 10.3. The summed E-state index contributed by atoms with van der Waals surface area (Å²) >= 11 is 2.08. The van der Waals surface area contributed by atoms with Gasteiger partial charge in [-0.25, -0.2) is 0 Å². The number of benzene rings is 1. The van der Waals surface area contributed by atoms with E-state index in [1.807, 2.05) is 0 Å². The lowest BCUT2D eigenvalue weighted by Gasteiger charge is -2.27. The summed E-state index contributed by atoms with van der Waals surface area (Å²) in [6.07, 6.45) is 1.27. The average Bonchev–Trinajstić information content (AvgIpc) is 2.78. The fraction of sp³-hybridized carbons (Fsp3) is 0.538. The van der Waals surface area contributed by atoms with Crippen molar-refractivity contribution in [1.29, 1.82) is 0 Å². The molecule has 0 aromatic heterocycles. The van der Waals surface area contributed by atoms with Crippen molar-refractivity contribution >= 4 is 17.4 Å². The zero-order chi connectivity index (χ0) is 11.3. The molecular weight excluding hydrogens is 218 g/mol. The van der Waals surface area contributed by atoms with Crippen molar-refractivity contribution in [3.05, 3.63) is 23.8 Å². The largest absolute Gasteiger partial charge is 0.497 e. The summed E-state index contributed by atoms with van der Waals surface area (Å²) in [6, 6.07) is 6.47. The van der Waals surface area contributed by atoms with Crippen molar-refractivity contribution in [2.75, 3.05) is 24.8 Å². The highest BCUT2D eigenvalue weighted by Gasteiger charge is 2.50. The minimum absolute atomic E-state index is 0.309. The Bertz CT molecular complexity index is 434. The number of hydrogen-bond donors (Lipinski definition) is 0. The van der Waals surface area contributed by atoms with E-state index < -0.39 is 0 Å². The molecule has 0 amide bonds. The molecule has 0 N–H and O–H groups in total. The zero-order valence-electron chi connectivity index (χ0n) is 9.99. The van der Waals surface area contributed by atoms with Gasteiger partial charge < -0.3 is 9.64 Å². The van der Waals surface area contributed by atoms with Gasteiger partial charge in [0.05, 0.1) is 12.5 Å². The van der Waals surface area contributed by atoms with E-state index in [-0.39, 0.29) is 0 Å². The molecule has 1 aromatic rings. The van der Waals surface area contributed by atoms with Crippen LogP contribution in [-0.2, 0) is 5.41 Å². The number of ether oxygens (including phenoxy) is 1. The van der Waals surface area contributed by atoms with Crippen molar-refractivity contribution in [2.24, 2.45) is 0 Å². The highest BCUT2D eigenvalue weighted by atomic mass is 32.2. The Morgan fingerprint density at radius 1 is 1.50 bits per heavy atom. The molecule has 86 valence electrons. The summed E-state index contributed by atoms with van der Waals surface area (Å²) in [5.41, 5.74) is 3.15.